The number of rotatable bonds is 4. The highest BCUT2D eigenvalue weighted by Gasteiger charge is 2.39. The molecule has 5 atom stereocenters. The number of esters is 1. The molecule has 0 aromatic rings. The topological polar surface area (TPSA) is 66.8 Å². The van der Waals surface area contributed by atoms with E-state index in [1.54, 1.807) is 0 Å². The van der Waals surface area contributed by atoms with Crippen molar-refractivity contribution in [2.75, 3.05) is 0 Å². The monoisotopic (exact) mass is 336 g/mol. The van der Waals surface area contributed by atoms with Crippen LogP contribution in [0, 0.1) is 11.8 Å². The molecule has 0 aromatic carbocycles. The number of aliphatic hydroxyl groups is 2. The molecule has 0 radical (unpaired) electrons. The molecule has 0 bridgehead atoms. The van der Waals surface area contributed by atoms with Crippen molar-refractivity contribution in [2.24, 2.45) is 11.8 Å². The van der Waals surface area contributed by atoms with Gasteiger partial charge >= 0.3 is 5.97 Å². The third-order valence-electron chi connectivity index (χ3n) is 5.17. The summed E-state index contributed by atoms with van der Waals surface area (Å²) in [5, 5.41) is 20.5. The second-order valence-electron chi connectivity index (χ2n) is 7.12. The Morgan fingerprint density at radius 1 is 1.17 bits per heavy atom. The first-order valence-electron chi connectivity index (χ1n) is 9.50. The van der Waals surface area contributed by atoms with Crippen LogP contribution in [0.4, 0.5) is 0 Å². The van der Waals surface area contributed by atoms with Gasteiger partial charge < -0.3 is 14.9 Å². The lowest BCUT2D eigenvalue weighted by molar-refractivity contribution is -0.147. The molecule has 1 fully saturated rings. The van der Waals surface area contributed by atoms with Gasteiger partial charge in [-0.15, -0.1) is 0 Å². The maximum absolute atomic E-state index is 12.0. The number of carbonyl (C=O) groups excluding carboxylic acids is 1. The molecule has 0 aromatic heterocycles. The molecule has 1 saturated carbocycles. The van der Waals surface area contributed by atoms with Gasteiger partial charge in [-0.3, -0.25) is 4.79 Å². The molecule has 136 valence electrons. The van der Waals surface area contributed by atoms with Gasteiger partial charge in [0.2, 0.25) is 0 Å². The molecule has 24 heavy (non-hydrogen) atoms. The molecule has 2 aliphatic rings. The Morgan fingerprint density at radius 3 is 2.79 bits per heavy atom. The number of allylic oxidation sites excluding steroid dienone is 2. The van der Waals surface area contributed by atoms with Crippen molar-refractivity contribution in [1.82, 2.24) is 0 Å². The molecule has 1 aliphatic heterocycles. The molecule has 0 unspecified atom stereocenters. The lowest BCUT2D eigenvalue weighted by atomic mass is 9.89. The highest BCUT2D eigenvalue weighted by molar-refractivity contribution is 5.69. The van der Waals surface area contributed by atoms with Crippen LogP contribution in [0.1, 0.15) is 64.7 Å². The Hall–Kier alpha value is -1.13. The number of hydrogen-bond donors (Lipinski definition) is 2. The standard InChI is InChI=1S/C20H32O4/c1-2-3-6-9-15-12-13-17-16(18(21)14-19(17)22)10-7-4-5-8-11-20(23)24-15/h4,7,12-13,15-19,21-22H,2-3,5-6,8-11,14H2,1H3/b7-4+,13-12?/t15-,16+,17+,18-,19+/m0/s1. The SMILES string of the molecule is CCCCC[C@H]1C=C[C@@H]2[C@@H](C/C=C/CCCC(=O)O1)[C@@H](O)C[C@H]2O. The molecule has 1 aliphatic carbocycles. The molecule has 0 spiro atoms. The minimum Gasteiger partial charge on any atom is -0.458 e. The third-order valence-corrected chi connectivity index (χ3v) is 5.17. The maximum Gasteiger partial charge on any atom is 0.306 e. The highest BCUT2D eigenvalue weighted by atomic mass is 16.5. The number of cyclic esters (lactones) is 1. The Labute approximate surface area is 145 Å². The van der Waals surface area contributed by atoms with Crippen molar-refractivity contribution in [3.8, 4) is 0 Å². The summed E-state index contributed by atoms with van der Waals surface area (Å²) in [7, 11) is 0. The van der Waals surface area contributed by atoms with E-state index in [-0.39, 0.29) is 23.9 Å². The molecule has 0 amide bonds. The molecule has 2 rings (SSSR count). The fourth-order valence-electron chi connectivity index (χ4n) is 3.71. The van der Waals surface area contributed by atoms with Crippen LogP contribution in [0.25, 0.3) is 0 Å². The van der Waals surface area contributed by atoms with E-state index in [0.717, 1.165) is 44.9 Å². The molecule has 4 heteroatoms. The van der Waals surface area contributed by atoms with Gasteiger partial charge in [0.25, 0.3) is 0 Å². The number of fused-ring (bicyclic) bond motifs is 1. The van der Waals surface area contributed by atoms with Crippen LogP contribution in [0.3, 0.4) is 0 Å². The summed E-state index contributed by atoms with van der Waals surface area (Å²) < 4.78 is 5.63. The summed E-state index contributed by atoms with van der Waals surface area (Å²) in [4.78, 5) is 12.0. The van der Waals surface area contributed by atoms with E-state index in [4.69, 9.17) is 4.74 Å². The quantitative estimate of drug-likeness (QED) is 0.468. The first kappa shape index (κ1) is 19.2. The summed E-state index contributed by atoms with van der Waals surface area (Å²) in [6.07, 6.45) is 14.2. The van der Waals surface area contributed by atoms with Crippen LogP contribution < -0.4 is 0 Å². The van der Waals surface area contributed by atoms with E-state index in [0.29, 0.717) is 12.8 Å². The predicted octanol–water partition coefficient (Wildman–Crippen LogP) is 3.52. The zero-order chi connectivity index (χ0) is 17.4. The van der Waals surface area contributed by atoms with Gasteiger partial charge in [0.15, 0.2) is 0 Å². The fraction of sp³-hybridized carbons (Fsp3) is 0.750. The second-order valence-corrected chi connectivity index (χ2v) is 7.12. The van der Waals surface area contributed by atoms with Crippen LogP contribution in [0.2, 0.25) is 0 Å². The Balaban J connectivity index is 2.10. The summed E-state index contributed by atoms with van der Waals surface area (Å²) in [5.74, 6) is -0.171. The lowest BCUT2D eigenvalue weighted by Gasteiger charge is -2.20. The maximum atomic E-state index is 12.0. The van der Waals surface area contributed by atoms with Crippen molar-refractivity contribution in [2.45, 2.75) is 83.0 Å². The van der Waals surface area contributed by atoms with Crippen molar-refractivity contribution in [1.29, 1.82) is 0 Å². The summed E-state index contributed by atoms with van der Waals surface area (Å²) in [6, 6.07) is 0. The minimum atomic E-state index is -0.522. The smallest absolute Gasteiger partial charge is 0.306 e. The van der Waals surface area contributed by atoms with E-state index in [1.165, 1.54) is 0 Å². The van der Waals surface area contributed by atoms with Crippen LogP contribution >= 0.6 is 0 Å². The van der Waals surface area contributed by atoms with Crippen molar-refractivity contribution < 1.29 is 19.7 Å². The second kappa shape index (κ2) is 10.00. The number of unbranched alkanes of at least 4 members (excludes halogenated alkanes) is 2. The minimum absolute atomic E-state index is 0.0419. The molecule has 0 saturated heterocycles. The van der Waals surface area contributed by atoms with Crippen LogP contribution in [-0.4, -0.2) is 34.5 Å². The lowest BCUT2D eigenvalue weighted by Crippen LogP contribution is -2.21. The van der Waals surface area contributed by atoms with Gasteiger partial charge in [-0.2, -0.15) is 0 Å². The van der Waals surface area contributed by atoms with Crippen LogP contribution in [0.15, 0.2) is 24.3 Å². The van der Waals surface area contributed by atoms with Crippen LogP contribution in [-0.2, 0) is 9.53 Å². The van der Waals surface area contributed by atoms with Gasteiger partial charge in [0.1, 0.15) is 6.10 Å². The van der Waals surface area contributed by atoms with Gasteiger partial charge in [-0.05, 0) is 44.1 Å². The predicted molar refractivity (Wildman–Crippen MR) is 94.4 cm³/mol. The van der Waals surface area contributed by atoms with Gasteiger partial charge in [-0.25, -0.2) is 0 Å². The third kappa shape index (κ3) is 5.75. The van der Waals surface area contributed by atoms with Crippen LogP contribution in [0.5, 0.6) is 0 Å². The number of hydrogen-bond acceptors (Lipinski definition) is 4. The number of aliphatic hydroxyl groups excluding tert-OH is 2. The molecule has 1 heterocycles. The van der Waals surface area contributed by atoms with E-state index < -0.39 is 12.2 Å². The summed E-state index contributed by atoms with van der Waals surface area (Å²) >= 11 is 0. The van der Waals surface area contributed by atoms with E-state index in [2.05, 4.69) is 19.1 Å². The van der Waals surface area contributed by atoms with E-state index in [9.17, 15) is 15.0 Å². The largest absolute Gasteiger partial charge is 0.458 e. The Kier molecular flexibility index (Phi) is 8.00. The summed E-state index contributed by atoms with van der Waals surface area (Å²) in [6.45, 7) is 2.15. The van der Waals surface area contributed by atoms with Crippen molar-refractivity contribution in [3.63, 3.8) is 0 Å². The normalized spacial score (nSPS) is 36.1. The van der Waals surface area contributed by atoms with Gasteiger partial charge in [0.05, 0.1) is 12.2 Å². The molecule has 4 nitrogen and oxygen atoms in total. The highest BCUT2D eigenvalue weighted by Crippen LogP contribution is 2.36. The zero-order valence-corrected chi connectivity index (χ0v) is 14.8. The van der Waals surface area contributed by atoms with Gasteiger partial charge in [0, 0.05) is 18.8 Å². The number of ether oxygens (including phenoxy) is 1. The average Bonchev–Trinajstić information content (AvgIpc) is 2.81. The number of carbonyl (C=O) groups is 1. The van der Waals surface area contributed by atoms with E-state index >= 15 is 0 Å². The average molecular weight is 336 g/mol. The fourth-order valence-corrected chi connectivity index (χ4v) is 3.71. The molecule has 2 N–H and O–H groups in total. The Morgan fingerprint density at radius 2 is 2.00 bits per heavy atom. The Bertz CT molecular complexity index is 443. The van der Waals surface area contributed by atoms with Crippen molar-refractivity contribution >= 4 is 5.97 Å². The molecular weight excluding hydrogens is 304 g/mol. The van der Waals surface area contributed by atoms with E-state index in [1.807, 2.05) is 12.2 Å². The first-order valence-corrected chi connectivity index (χ1v) is 9.50. The van der Waals surface area contributed by atoms with Gasteiger partial charge in [-0.1, -0.05) is 38.0 Å². The first-order chi connectivity index (χ1) is 11.6. The zero-order valence-electron chi connectivity index (χ0n) is 14.8. The summed E-state index contributed by atoms with van der Waals surface area (Å²) in [5.41, 5.74) is 0. The van der Waals surface area contributed by atoms with Crippen molar-refractivity contribution in [3.05, 3.63) is 24.3 Å². The molecular formula is C20H32O4.